The normalized spacial score (nSPS) is 3.30. The van der Waals surface area contributed by atoms with Gasteiger partial charge < -0.3 is 9.80 Å². The van der Waals surface area contributed by atoms with E-state index < -0.39 is 0 Å². The van der Waals surface area contributed by atoms with E-state index in [9.17, 15) is 0 Å². The van der Waals surface area contributed by atoms with Crippen LogP contribution >= 0.6 is 42.6 Å². The van der Waals surface area contributed by atoms with Crippen molar-refractivity contribution in [1.82, 2.24) is 0 Å². The quantitative estimate of drug-likeness (QED) is 0.243. The van der Waals surface area contributed by atoms with Crippen LogP contribution in [0.5, 0.6) is 0 Å². The standard InChI is InChI=1S/2CH4.IS.K.HPS3.H2S/c;;1-2;;1-3-4-2;/h2*1H4;;;1H;1H2/q;;-1;+1;;/i/hD. The van der Waals surface area contributed by atoms with Crippen molar-refractivity contribution in [3.8, 4) is 0 Å². The molecule has 0 aromatic carbocycles. The molecule has 0 aliphatic carbocycles. The molecule has 62 valence electrons. The molecule has 0 heterocycles. The van der Waals surface area contributed by atoms with Crippen LogP contribution in [0.3, 0.4) is 0 Å². The van der Waals surface area contributed by atoms with Crippen LogP contribution in [-0.4, -0.2) is 1.12 Å². The van der Waals surface area contributed by atoms with E-state index in [1.54, 1.807) is 21.2 Å². The minimum atomic E-state index is 0. The Hall–Kier alpha value is 4.03. The summed E-state index contributed by atoms with van der Waals surface area (Å²) in [6, 6.07) is 0. The molecule has 0 fully saturated rings. The summed E-state index contributed by atoms with van der Waals surface area (Å²) in [5, 5.41) is 0. The Morgan fingerprint density at radius 2 is 1.60 bits per heavy atom. The van der Waals surface area contributed by atoms with Gasteiger partial charge in [0.2, 0.25) is 0 Å². The van der Waals surface area contributed by atoms with Crippen molar-refractivity contribution in [1.29, 1.82) is 1.12 Å². The van der Waals surface area contributed by atoms with E-state index in [0.717, 1.165) is 0 Å². The molecule has 0 saturated heterocycles. The molecule has 0 atom stereocenters. The van der Waals surface area contributed by atoms with E-state index >= 15 is 0 Å². The summed E-state index contributed by atoms with van der Waals surface area (Å²) in [6.07, 6.45) is 0. The van der Waals surface area contributed by atoms with Crippen molar-refractivity contribution in [3.63, 3.8) is 0 Å². The van der Waals surface area contributed by atoms with Crippen LogP contribution in [0.4, 0.5) is 0 Å². The van der Waals surface area contributed by atoms with Gasteiger partial charge in [-0.1, -0.05) is 24.4 Å². The third kappa shape index (κ3) is 57.9. The van der Waals surface area contributed by atoms with Gasteiger partial charge in [-0.3, -0.25) is 21.2 Å². The van der Waals surface area contributed by atoms with E-state index in [1.807, 2.05) is 0 Å². The molecule has 0 rings (SSSR count). The van der Waals surface area contributed by atoms with Crippen LogP contribution in [0, 0.1) is 0 Å². The van der Waals surface area contributed by atoms with Crippen LogP contribution in [-0.2, 0) is 39.4 Å². The molecule has 0 aromatic heterocycles. The summed E-state index contributed by atoms with van der Waals surface area (Å²) in [5.74, 6) is 0. The van der Waals surface area contributed by atoms with Crippen LogP contribution in [0.2, 0.25) is 0 Å². The molecule has 0 aliphatic rings. The third-order valence-electron chi connectivity index (χ3n) is 0.0340. The fourth-order valence-corrected chi connectivity index (χ4v) is 0. The SMILES string of the molecule is C.C.P=S=S=S.[2H]S.[K+].[S-]I. The van der Waals surface area contributed by atoms with Crippen molar-refractivity contribution in [3.05, 3.63) is 0 Å². The fraction of sp³-hybridized carbons (Fsp3) is 1.00. The summed E-state index contributed by atoms with van der Waals surface area (Å²) in [7, 11) is 9.78. The molecule has 0 N–H and O–H groups in total. The summed E-state index contributed by atoms with van der Waals surface area (Å²) < 4.78 is 5.44. The Morgan fingerprint density at radius 1 is 1.50 bits per heavy atom. The summed E-state index contributed by atoms with van der Waals surface area (Å²) in [5.41, 5.74) is 0. The Bertz CT molecular complexity index is 74.6. The smallest absolute Gasteiger partial charge is 0.713 e. The predicted octanol–water partition coefficient (Wildman–Crippen LogP) is -0.141. The average Bonchev–Trinajstić information content (AvgIpc) is 1.96. The van der Waals surface area contributed by atoms with Crippen LogP contribution in [0.25, 0.3) is 0 Å². The molecule has 0 radical (unpaired) electrons. The molecule has 0 spiro atoms. The molecule has 0 nitrogen and oxygen atoms in total. The first-order valence-electron chi connectivity index (χ1n) is 1.14. The molecule has 0 bridgehead atoms. The second-order valence-electron chi connectivity index (χ2n) is 0.151. The van der Waals surface area contributed by atoms with E-state index in [2.05, 4.69) is 42.4 Å². The first-order chi connectivity index (χ1) is 3.91. The van der Waals surface area contributed by atoms with Gasteiger partial charge in [0.25, 0.3) is 0 Å². The molecule has 0 amide bonds. The topological polar surface area (TPSA) is 0 Å². The molecular weight excluding hydrogens is 381 g/mol. The number of hydrogen-bond donors (Lipinski definition) is 0. The molecule has 0 unspecified atom stereocenters. The molecule has 0 aliphatic heterocycles. The average molecular weight is 393 g/mol. The van der Waals surface area contributed by atoms with Gasteiger partial charge in [-0.05, 0) is 28.1 Å². The molecule has 0 saturated carbocycles. The third-order valence-corrected chi connectivity index (χ3v) is 2.76. The van der Waals surface area contributed by atoms with Gasteiger partial charge in [0, 0.05) is 0 Å². The van der Waals surface area contributed by atoms with Crippen molar-refractivity contribution >= 4 is 82.0 Å². The van der Waals surface area contributed by atoms with Crippen molar-refractivity contribution < 1.29 is 51.4 Å². The van der Waals surface area contributed by atoms with Gasteiger partial charge in [-0.2, -0.15) is 13.4 Å². The van der Waals surface area contributed by atoms with Crippen LogP contribution in [0.15, 0.2) is 0 Å². The number of hydrogen-bond acceptors (Lipinski definition) is 2. The first-order valence-corrected chi connectivity index (χ1v) is 7.94. The summed E-state index contributed by atoms with van der Waals surface area (Å²) in [6.45, 7) is 0. The van der Waals surface area contributed by atoms with Crippen molar-refractivity contribution in [2.24, 2.45) is 0 Å². The van der Waals surface area contributed by atoms with Gasteiger partial charge in [-0.25, -0.2) is 0 Å². The Morgan fingerprint density at radius 3 is 1.60 bits per heavy atom. The molecule has 0 aromatic rings. The van der Waals surface area contributed by atoms with Crippen molar-refractivity contribution in [2.75, 3.05) is 0 Å². The second-order valence-corrected chi connectivity index (χ2v) is 4.09. The zero-order valence-corrected chi connectivity index (χ0v) is 14.4. The minimum Gasteiger partial charge on any atom is -0.713 e. The van der Waals surface area contributed by atoms with E-state index in [0.29, 0.717) is 0 Å². The van der Waals surface area contributed by atoms with E-state index in [-0.39, 0.29) is 66.2 Å². The van der Waals surface area contributed by atoms with Gasteiger partial charge in [0.05, 0.1) is 1.12 Å². The Balaban J connectivity index is -0.00000000813. The minimum absolute atomic E-state index is 0. The maximum Gasteiger partial charge on any atom is 1.00 e. The summed E-state index contributed by atoms with van der Waals surface area (Å²) >= 11 is 8.90. The zero-order valence-electron chi connectivity index (χ0n) is 4.96. The predicted molar refractivity (Wildman–Crippen MR) is 75.6 cm³/mol. The summed E-state index contributed by atoms with van der Waals surface area (Å²) in [4.78, 5) is 0. The second kappa shape index (κ2) is 51.9. The fourth-order valence-electron chi connectivity index (χ4n) is 0. The molecular formula is C2H11IKPS5. The van der Waals surface area contributed by atoms with E-state index in [4.69, 9.17) is 1.12 Å². The van der Waals surface area contributed by atoms with Gasteiger partial charge in [0.15, 0.2) is 0 Å². The van der Waals surface area contributed by atoms with Gasteiger partial charge >= 0.3 is 51.4 Å². The zero-order chi connectivity index (χ0) is 7.41. The largest absolute Gasteiger partial charge is 1.00 e. The molecule has 8 heteroatoms. The molecule has 10 heavy (non-hydrogen) atoms. The Kier molecular flexibility index (Phi) is 152. The maximum absolute atomic E-state index is 5.44. The van der Waals surface area contributed by atoms with Crippen molar-refractivity contribution in [2.45, 2.75) is 14.9 Å². The van der Waals surface area contributed by atoms with Crippen LogP contribution < -0.4 is 51.4 Å². The number of rotatable bonds is 0. The number of halogens is 1. The first kappa shape index (κ1) is 29.2. The van der Waals surface area contributed by atoms with Gasteiger partial charge in [0.1, 0.15) is 0 Å². The monoisotopic (exact) mass is 393 g/mol. The van der Waals surface area contributed by atoms with E-state index in [1.165, 1.54) is 18.4 Å². The maximum atomic E-state index is 5.44. The van der Waals surface area contributed by atoms with Crippen LogP contribution in [0.1, 0.15) is 14.9 Å². The van der Waals surface area contributed by atoms with Gasteiger partial charge in [-0.15, -0.1) is 0 Å². The Labute approximate surface area is 146 Å².